The number of rotatable bonds is 8. The summed E-state index contributed by atoms with van der Waals surface area (Å²) < 4.78 is 26.3. The van der Waals surface area contributed by atoms with Crippen molar-refractivity contribution in [3.05, 3.63) is 45.5 Å². The molecule has 1 aliphatic rings. The summed E-state index contributed by atoms with van der Waals surface area (Å²) in [6.45, 7) is 1.74. The molecule has 2 atom stereocenters. The summed E-state index contributed by atoms with van der Waals surface area (Å²) in [4.78, 5) is 37.3. The van der Waals surface area contributed by atoms with Crippen LogP contribution in [0.2, 0.25) is 0 Å². The molecule has 3 rings (SSSR count). The van der Waals surface area contributed by atoms with Crippen molar-refractivity contribution in [3.8, 4) is 23.0 Å². The van der Waals surface area contributed by atoms with E-state index in [2.05, 4.69) is 5.32 Å². The van der Waals surface area contributed by atoms with E-state index in [1.165, 1.54) is 34.3 Å². The normalized spacial score (nSPS) is 16.2. The highest BCUT2D eigenvalue weighted by atomic mass is 16.5. The zero-order valence-electron chi connectivity index (χ0n) is 18.2. The number of carbonyl (C=O) groups is 2. The molecule has 0 radical (unpaired) electrons. The summed E-state index contributed by atoms with van der Waals surface area (Å²) in [6.07, 6.45) is 0.0733. The van der Waals surface area contributed by atoms with Crippen LogP contribution >= 0.6 is 0 Å². The average Bonchev–Trinajstić information content (AvgIpc) is 3.15. The number of hydrogen-bond donors (Lipinski definition) is 2. The Morgan fingerprint density at radius 2 is 1.91 bits per heavy atom. The van der Waals surface area contributed by atoms with Gasteiger partial charge < -0.3 is 33.8 Å². The molecule has 2 N–H and O–H groups in total. The van der Waals surface area contributed by atoms with E-state index < -0.39 is 29.5 Å². The quantitative estimate of drug-likeness (QED) is 0.579. The van der Waals surface area contributed by atoms with Crippen molar-refractivity contribution in [1.29, 1.82) is 0 Å². The molecule has 172 valence electrons. The van der Waals surface area contributed by atoms with E-state index in [0.29, 0.717) is 17.7 Å². The minimum absolute atomic E-state index is 0.120. The number of hydrogen-bond acceptors (Lipinski definition) is 9. The van der Waals surface area contributed by atoms with E-state index in [0.717, 1.165) is 0 Å². The second-order valence-electron chi connectivity index (χ2n) is 7.20. The van der Waals surface area contributed by atoms with Crippen LogP contribution in [0.5, 0.6) is 23.0 Å². The number of aromatic hydroxyl groups is 1. The van der Waals surface area contributed by atoms with Crippen molar-refractivity contribution < 1.29 is 38.1 Å². The molecule has 0 bridgehead atoms. The summed E-state index contributed by atoms with van der Waals surface area (Å²) in [5, 5.41) is 13.2. The molecule has 1 aromatic heterocycles. The van der Waals surface area contributed by atoms with Crippen LogP contribution in [-0.2, 0) is 14.3 Å². The van der Waals surface area contributed by atoms with Crippen LogP contribution in [-0.4, -0.2) is 51.0 Å². The maximum Gasteiger partial charge on any atom is 0.343 e. The summed E-state index contributed by atoms with van der Waals surface area (Å²) in [5.74, 6) is -1.26. The number of methoxy groups -OCH3 is 3. The average molecular weight is 447 g/mol. The van der Waals surface area contributed by atoms with Crippen molar-refractivity contribution in [2.45, 2.75) is 31.7 Å². The standard InChI is InChI=1S/C22H25NO9/c1-11-9-15(24)18(22(27)32-11)13(10-17(25)23-14-7-8-31-21(14)26)12-5-6-16(28-2)20(30-4)19(12)29-3/h5-6,9,13-14,24H,7-8,10H2,1-4H3,(H,23,25)/t13-,14-/m0/s1. The third kappa shape index (κ3) is 4.48. The molecule has 1 aliphatic heterocycles. The number of carbonyl (C=O) groups excluding carboxylic acids is 2. The van der Waals surface area contributed by atoms with Gasteiger partial charge in [0.15, 0.2) is 11.5 Å². The van der Waals surface area contributed by atoms with Gasteiger partial charge in [-0.15, -0.1) is 0 Å². The number of benzene rings is 1. The molecule has 0 unspecified atom stereocenters. The highest BCUT2D eigenvalue weighted by Crippen LogP contribution is 2.45. The van der Waals surface area contributed by atoms with Gasteiger partial charge in [0.1, 0.15) is 17.6 Å². The highest BCUT2D eigenvalue weighted by Gasteiger charge is 2.33. The zero-order valence-corrected chi connectivity index (χ0v) is 18.2. The number of ether oxygens (including phenoxy) is 4. The smallest absolute Gasteiger partial charge is 0.343 e. The van der Waals surface area contributed by atoms with Crippen LogP contribution in [0, 0.1) is 6.92 Å². The number of nitrogens with one attached hydrogen (secondary N) is 1. The molecule has 1 aromatic carbocycles. The van der Waals surface area contributed by atoms with Crippen LogP contribution < -0.4 is 25.2 Å². The minimum atomic E-state index is -0.973. The Hall–Kier alpha value is -3.69. The lowest BCUT2D eigenvalue weighted by molar-refractivity contribution is -0.141. The Bertz CT molecular complexity index is 1080. The molecule has 0 aliphatic carbocycles. The molecule has 0 spiro atoms. The van der Waals surface area contributed by atoms with Gasteiger partial charge in [-0.3, -0.25) is 4.79 Å². The van der Waals surface area contributed by atoms with Gasteiger partial charge in [0.05, 0.1) is 33.5 Å². The Labute approximate surface area is 184 Å². The summed E-state index contributed by atoms with van der Waals surface area (Å²) in [5.41, 5.74) is -0.525. The van der Waals surface area contributed by atoms with E-state index in [-0.39, 0.29) is 41.6 Å². The molecule has 0 saturated carbocycles. The van der Waals surface area contributed by atoms with Gasteiger partial charge in [0.25, 0.3) is 0 Å². The van der Waals surface area contributed by atoms with Gasteiger partial charge in [-0.25, -0.2) is 9.59 Å². The fourth-order valence-corrected chi connectivity index (χ4v) is 3.76. The number of aryl methyl sites for hydroxylation is 1. The van der Waals surface area contributed by atoms with Gasteiger partial charge in [0.2, 0.25) is 11.7 Å². The molecule has 10 heteroatoms. The van der Waals surface area contributed by atoms with Gasteiger partial charge in [-0.1, -0.05) is 6.07 Å². The monoisotopic (exact) mass is 447 g/mol. The molecular weight excluding hydrogens is 422 g/mol. The van der Waals surface area contributed by atoms with Crippen molar-refractivity contribution in [2.75, 3.05) is 27.9 Å². The molecule has 2 heterocycles. The SMILES string of the molecule is COc1ccc([C@H](CC(=O)N[C@H]2CCOC2=O)c2c(O)cc(C)oc2=O)c(OC)c1OC. The lowest BCUT2D eigenvalue weighted by atomic mass is 9.87. The van der Waals surface area contributed by atoms with Crippen molar-refractivity contribution >= 4 is 11.9 Å². The second-order valence-corrected chi connectivity index (χ2v) is 7.20. The van der Waals surface area contributed by atoms with Crippen molar-refractivity contribution in [2.24, 2.45) is 0 Å². The molecule has 1 amide bonds. The first-order valence-corrected chi connectivity index (χ1v) is 9.89. The van der Waals surface area contributed by atoms with Gasteiger partial charge in [-0.05, 0) is 13.0 Å². The topological polar surface area (TPSA) is 134 Å². The largest absolute Gasteiger partial charge is 0.507 e. The Morgan fingerprint density at radius 3 is 2.47 bits per heavy atom. The third-order valence-electron chi connectivity index (χ3n) is 5.21. The van der Waals surface area contributed by atoms with Crippen LogP contribution in [0.25, 0.3) is 0 Å². The van der Waals surface area contributed by atoms with Crippen molar-refractivity contribution in [3.63, 3.8) is 0 Å². The first-order valence-electron chi connectivity index (χ1n) is 9.89. The van der Waals surface area contributed by atoms with E-state index in [9.17, 15) is 19.5 Å². The lowest BCUT2D eigenvalue weighted by Crippen LogP contribution is -2.38. The van der Waals surface area contributed by atoms with E-state index in [1.54, 1.807) is 12.1 Å². The van der Waals surface area contributed by atoms with Crippen LogP contribution in [0.4, 0.5) is 0 Å². The maximum absolute atomic E-state index is 12.8. The predicted molar refractivity (Wildman–Crippen MR) is 111 cm³/mol. The fraction of sp³-hybridized carbons (Fsp3) is 0.409. The van der Waals surface area contributed by atoms with Crippen LogP contribution in [0.1, 0.15) is 35.6 Å². The van der Waals surface area contributed by atoms with E-state index in [4.69, 9.17) is 23.4 Å². The zero-order chi connectivity index (χ0) is 23.4. The van der Waals surface area contributed by atoms with Crippen molar-refractivity contribution in [1.82, 2.24) is 5.32 Å². The van der Waals surface area contributed by atoms with Gasteiger partial charge in [-0.2, -0.15) is 0 Å². The van der Waals surface area contributed by atoms with Crippen LogP contribution in [0.3, 0.4) is 0 Å². The predicted octanol–water partition coefficient (Wildman–Crippen LogP) is 1.63. The molecule has 10 nitrogen and oxygen atoms in total. The van der Waals surface area contributed by atoms with Crippen LogP contribution in [0.15, 0.2) is 27.4 Å². The molecular formula is C22H25NO9. The summed E-state index contributed by atoms with van der Waals surface area (Å²) in [6, 6.07) is 3.74. The first-order chi connectivity index (χ1) is 15.3. The van der Waals surface area contributed by atoms with Gasteiger partial charge in [0, 0.05) is 30.4 Å². The number of cyclic esters (lactones) is 1. The minimum Gasteiger partial charge on any atom is -0.507 e. The Kier molecular flexibility index (Phi) is 6.92. The highest BCUT2D eigenvalue weighted by molar-refractivity contribution is 5.86. The fourth-order valence-electron chi connectivity index (χ4n) is 3.76. The summed E-state index contributed by atoms with van der Waals surface area (Å²) >= 11 is 0. The van der Waals surface area contributed by atoms with E-state index in [1.807, 2.05) is 0 Å². The van der Waals surface area contributed by atoms with E-state index >= 15 is 0 Å². The third-order valence-corrected chi connectivity index (χ3v) is 5.21. The molecule has 32 heavy (non-hydrogen) atoms. The Morgan fingerprint density at radius 1 is 1.19 bits per heavy atom. The number of esters is 1. The van der Waals surface area contributed by atoms with Gasteiger partial charge >= 0.3 is 11.6 Å². The second kappa shape index (κ2) is 9.63. The summed E-state index contributed by atoms with van der Waals surface area (Å²) in [7, 11) is 4.29. The molecule has 2 aromatic rings. The molecule has 1 fully saturated rings. The molecule has 1 saturated heterocycles. The number of amides is 1. The first kappa shape index (κ1) is 23.0. The Balaban J connectivity index is 2.11. The lowest BCUT2D eigenvalue weighted by Gasteiger charge is -2.23. The maximum atomic E-state index is 12.8.